The monoisotopic (exact) mass is 280 g/mol. The average molecular weight is 280 g/mol. The number of hydrogen-bond acceptors (Lipinski definition) is 4. The van der Waals surface area contributed by atoms with E-state index in [0.29, 0.717) is 32.2 Å². The fourth-order valence-corrected chi connectivity index (χ4v) is 1.50. The lowest BCUT2D eigenvalue weighted by molar-refractivity contribution is -0.131. The van der Waals surface area contributed by atoms with Crippen molar-refractivity contribution in [1.82, 2.24) is 0 Å². The highest BCUT2D eigenvalue weighted by Crippen LogP contribution is 2.19. The summed E-state index contributed by atoms with van der Waals surface area (Å²) in [7, 11) is 1.63. The van der Waals surface area contributed by atoms with E-state index in [1.165, 1.54) is 6.08 Å². The van der Waals surface area contributed by atoms with Crippen molar-refractivity contribution in [1.29, 1.82) is 0 Å². The van der Waals surface area contributed by atoms with Gasteiger partial charge < -0.3 is 19.3 Å². The molecule has 0 bridgehead atoms. The van der Waals surface area contributed by atoms with Gasteiger partial charge in [-0.05, 0) is 12.1 Å². The molecular formula is C15H20O5. The molecule has 5 nitrogen and oxygen atoms in total. The number of benzene rings is 1. The normalized spacial score (nSPS) is 10.8. The number of methoxy groups -OCH3 is 1. The van der Waals surface area contributed by atoms with Crippen molar-refractivity contribution in [3.05, 3.63) is 35.9 Å². The summed E-state index contributed by atoms with van der Waals surface area (Å²) in [4.78, 5) is 10.5. The number of rotatable bonds is 10. The van der Waals surface area contributed by atoms with Gasteiger partial charge in [-0.1, -0.05) is 18.2 Å². The predicted octanol–water partition coefficient (Wildman–Crippen LogP) is 2.22. The Bertz CT molecular complexity index is 428. The van der Waals surface area contributed by atoms with Crippen molar-refractivity contribution in [2.45, 2.75) is 6.42 Å². The molecule has 1 rings (SSSR count). The molecule has 0 aromatic heterocycles. The molecule has 0 spiro atoms. The van der Waals surface area contributed by atoms with Crippen LogP contribution in [0.2, 0.25) is 0 Å². The Balaban J connectivity index is 2.34. The van der Waals surface area contributed by atoms with E-state index >= 15 is 0 Å². The van der Waals surface area contributed by atoms with Crippen LogP contribution in [0.5, 0.6) is 5.75 Å². The summed E-state index contributed by atoms with van der Waals surface area (Å²) in [6.07, 6.45) is 3.38. The SMILES string of the molecule is COCCOCCCOc1ccccc1/C=C/C(=O)O. The third kappa shape index (κ3) is 6.92. The summed E-state index contributed by atoms with van der Waals surface area (Å²) in [5.41, 5.74) is 0.746. The van der Waals surface area contributed by atoms with Gasteiger partial charge >= 0.3 is 5.97 Å². The van der Waals surface area contributed by atoms with Crippen LogP contribution in [0.4, 0.5) is 0 Å². The molecule has 0 amide bonds. The smallest absolute Gasteiger partial charge is 0.328 e. The maximum absolute atomic E-state index is 10.5. The zero-order valence-corrected chi connectivity index (χ0v) is 11.6. The first-order valence-electron chi connectivity index (χ1n) is 6.43. The Morgan fingerprint density at radius 3 is 2.75 bits per heavy atom. The maximum Gasteiger partial charge on any atom is 0.328 e. The molecule has 20 heavy (non-hydrogen) atoms. The largest absolute Gasteiger partial charge is 0.493 e. The number of hydrogen-bond donors (Lipinski definition) is 1. The molecule has 0 fully saturated rings. The first-order valence-corrected chi connectivity index (χ1v) is 6.43. The van der Waals surface area contributed by atoms with Gasteiger partial charge in [0.05, 0.1) is 19.8 Å². The first kappa shape index (κ1) is 16.2. The minimum Gasteiger partial charge on any atom is -0.493 e. The summed E-state index contributed by atoms with van der Waals surface area (Å²) in [6, 6.07) is 7.31. The molecule has 0 saturated heterocycles. The van der Waals surface area contributed by atoms with E-state index in [1.807, 2.05) is 24.3 Å². The molecule has 1 aromatic rings. The Labute approximate surface area is 118 Å². The number of carboxylic acid groups (broad SMARTS) is 1. The van der Waals surface area contributed by atoms with Crippen LogP contribution < -0.4 is 4.74 Å². The minimum atomic E-state index is -0.980. The highest BCUT2D eigenvalue weighted by molar-refractivity contribution is 5.85. The standard InChI is InChI=1S/C15H20O5/c1-18-11-12-19-9-4-10-20-14-6-3-2-5-13(14)7-8-15(16)17/h2-3,5-8H,4,9-12H2,1H3,(H,16,17)/b8-7+. The maximum atomic E-state index is 10.5. The molecule has 0 atom stereocenters. The third-order valence-corrected chi connectivity index (χ3v) is 2.45. The average Bonchev–Trinajstić information content (AvgIpc) is 2.45. The molecule has 5 heteroatoms. The van der Waals surface area contributed by atoms with Crippen LogP contribution in [0, 0.1) is 0 Å². The van der Waals surface area contributed by atoms with Crippen molar-refractivity contribution in [2.75, 3.05) is 33.5 Å². The molecule has 0 aliphatic heterocycles. The molecule has 0 aliphatic rings. The number of aliphatic carboxylic acids is 1. The molecule has 0 unspecified atom stereocenters. The van der Waals surface area contributed by atoms with Crippen LogP contribution in [-0.4, -0.2) is 44.6 Å². The lowest BCUT2D eigenvalue weighted by atomic mass is 10.2. The number of para-hydroxylation sites is 1. The Morgan fingerprint density at radius 2 is 2.00 bits per heavy atom. The van der Waals surface area contributed by atoms with Gasteiger partial charge in [0, 0.05) is 31.8 Å². The molecule has 0 saturated carbocycles. The Morgan fingerprint density at radius 1 is 1.20 bits per heavy atom. The number of ether oxygens (including phenoxy) is 3. The topological polar surface area (TPSA) is 65.0 Å². The highest BCUT2D eigenvalue weighted by atomic mass is 16.5. The van der Waals surface area contributed by atoms with Crippen molar-refractivity contribution < 1.29 is 24.1 Å². The van der Waals surface area contributed by atoms with Crippen molar-refractivity contribution in [3.8, 4) is 5.75 Å². The van der Waals surface area contributed by atoms with E-state index in [-0.39, 0.29) is 0 Å². The van der Waals surface area contributed by atoms with Crippen molar-refractivity contribution in [3.63, 3.8) is 0 Å². The van der Waals surface area contributed by atoms with Gasteiger partial charge in [-0.25, -0.2) is 4.79 Å². The van der Waals surface area contributed by atoms with E-state index in [1.54, 1.807) is 7.11 Å². The molecule has 1 aromatic carbocycles. The van der Waals surface area contributed by atoms with Crippen LogP contribution in [-0.2, 0) is 14.3 Å². The third-order valence-electron chi connectivity index (χ3n) is 2.45. The van der Waals surface area contributed by atoms with E-state index in [4.69, 9.17) is 19.3 Å². The molecule has 0 radical (unpaired) electrons. The van der Waals surface area contributed by atoms with Gasteiger partial charge in [-0.3, -0.25) is 0 Å². The van der Waals surface area contributed by atoms with Gasteiger partial charge in [-0.2, -0.15) is 0 Å². The molecule has 1 N–H and O–H groups in total. The van der Waals surface area contributed by atoms with Crippen LogP contribution in [0.3, 0.4) is 0 Å². The summed E-state index contributed by atoms with van der Waals surface area (Å²) in [5, 5.41) is 8.63. The van der Waals surface area contributed by atoms with Crippen LogP contribution in [0.1, 0.15) is 12.0 Å². The van der Waals surface area contributed by atoms with Crippen LogP contribution in [0.25, 0.3) is 6.08 Å². The zero-order valence-electron chi connectivity index (χ0n) is 11.6. The van der Waals surface area contributed by atoms with Gasteiger partial charge in [0.25, 0.3) is 0 Å². The lowest BCUT2D eigenvalue weighted by Crippen LogP contribution is -2.07. The lowest BCUT2D eigenvalue weighted by Gasteiger charge is -2.09. The Hall–Kier alpha value is -1.85. The molecular weight excluding hydrogens is 260 g/mol. The summed E-state index contributed by atoms with van der Waals surface area (Å²) >= 11 is 0. The Kier molecular flexibility index (Phi) is 8.10. The van der Waals surface area contributed by atoms with E-state index in [2.05, 4.69) is 0 Å². The fourth-order valence-electron chi connectivity index (χ4n) is 1.50. The number of carbonyl (C=O) groups is 1. The quantitative estimate of drug-likeness (QED) is 0.526. The zero-order chi connectivity index (χ0) is 14.6. The van der Waals surface area contributed by atoms with Crippen LogP contribution >= 0.6 is 0 Å². The summed E-state index contributed by atoms with van der Waals surface area (Å²) < 4.78 is 15.8. The van der Waals surface area contributed by atoms with E-state index in [9.17, 15) is 4.79 Å². The van der Waals surface area contributed by atoms with Gasteiger partial charge in [0.15, 0.2) is 0 Å². The second kappa shape index (κ2) is 10.00. The second-order valence-corrected chi connectivity index (χ2v) is 4.02. The molecule has 0 aliphatic carbocycles. The fraction of sp³-hybridized carbons (Fsp3) is 0.400. The highest BCUT2D eigenvalue weighted by Gasteiger charge is 2.00. The molecule has 110 valence electrons. The van der Waals surface area contributed by atoms with Gasteiger partial charge in [0.1, 0.15) is 5.75 Å². The minimum absolute atomic E-state index is 0.519. The second-order valence-electron chi connectivity index (χ2n) is 4.02. The van der Waals surface area contributed by atoms with E-state index in [0.717, 1.165) is 18.1 Å². The number of carboxylic acids is 1. The first-order chi connectivity index (χ1) is 9.74. The molecule has 0 heterocycles. The predicted molar refractivity (Wildman–Crippen MR) is 75.9 cm³/mol. The summed E-state index contributed by atoms with van der Waals surface area (Å²) in [6.45, 7) is 2.29. The van der Waals surface area contributed by atoms with E-state index < -0.39 is 5.97 Å². The van der Waals surface area contributed by atoms with Gasteiger partial charge in [0.2, 0.25) is 0 Å². The summed E-state index contributed by atoms with van der Waals surface area (Å²) in [5.74, 6) is -0.312. The van der Waals surface area contributed by atoms with Crippen molar-refractivity contribution in [2.24, 2.45) is 0 Å². The van der Waals surface area contributed by atoms with Gasteiger partial charge in [-0.15, -0.1) is 0 Å². The van der Waals surface area contributed by atoms with Crippen LogP contribution in [0.15, 0.2) is 30.3 Å². The van der Waals surface area contributed by atoms with Crippen molar-refractivity contribution >= 4 is 12.0 Å².